The van der Waals surface area contributed by atoms with Crippen LogP contribution in [0.25, 0.3) is 0 Å². The smallest absolute Gasteiger partial charge is 0.236 e. The van der Waals surface area contributed by atoms with Gasteiger partial charge in [-0.25, -0.2) is 0 Å². The van der Waals surface area contributed by atoms with Crippen LogP contribution in [0, 0.1) is 0 Å². The summed E-state index contributed by atoms with van der Waals surface area (Å²) in [5.74, 6) is 0.332. The summed E-state index contributed by atoms with van der Waals surface area (Å²) >= 11 is 0. The number of amides is 1. The quantitative estimate of drug-likeness (QED) is 0.0482. The van der Waals surface area contributed by atoms with E-state index in [1.165, 1.54) is 238 Å². The van der Waals surface area contributed by atoms with Crippen LogP contribution in [0.1, 0.15) is 253 Å². The number of aliphatic hydroxyl groups is 1. The molecule has 0 saturated carbocycles. The number of carbonyl (C=O) groups is 1. The number of ether oxygens (including phenoxy) is 1. The second-order valence-corrected chi connectivity index (χ2v) is 20.4. The first-order valence-electron chi connectivity index (χ1n) is 29.7. The van der Waals surface area contributed by atoms with Crippen molar-refractivity contribution in [3.05, 3.63) is 12.2 Å². The van der Waals surface area contributed by atoms with E-state index in [1.807, 2.05) is 0 Å². The lowest BCUT2D eigenvalue weighted by Crippen LogP contribution is -2.50. The lowest BCUT2D eigenvalue weighted by molar-refractivity contribution is -0.134. The molecule has 0 aromatic rings. The summed E-state index contributed by atoms with van der Waals surface area (Å²) in [6.45, 7) is 25.3. The van der Waals surface area contributed by atoms with Crippen LogP contribution >= 0.6 is 0 Å². The van der Waals surface area contributed by atoms with Crippen LogP contribution in [0.2, 0.25) is 0 Å². The van der Waals surface area contributed by atoms with Gasteiger partial charge < -0.3 is 24.5 Å². The second kappa shape index (κ2) is 57.5. The van der Waals surface area contributed by atoms with Crippen LogP contribution in [0.4, 0.5) is 0 Å². The number of piperazine rings is 1. The molecule has 67 heavy (non-hydrogen) atoms. The predicted molar refractivity (Wildman–Crippen MR) is 298 cm³/mol. The third-order valence-electron chi connectivity index (χ3n) is 13.7. The van der Waals surface area contributed by atoms with E-state index in [-0.39, 0.29) is 0 Å². The normalized spacial score (nSPS) is 13.2. The summed E-state index contributed by atoms with van der Waals surface area (Å²) in [6.07, 6.45) is 50.3. The first-order valence-corrected chi connectivity index (χ1v) is 29.7. The fourth-order valence-electron chi connectivity index (χ4n) is 9.07. The number of unbranched alkanes of at least 4 members (excludes halogenated alkanes) is 28. The van der Waals surface area contributed by atoms with Crippen molar-refractivity contribution < 1.29 is 14.6 Å². The third kappa shape index (κ3) is 51.1. The van der Waals surface area contributed by atoms with Gasteiger partial charge in [-0.2, -0.15) is 0 Å². The molecule has 1 heterocycles. The number of hydrogen-bond acceptors (Lipinski definition) is 7. The van der Waals surface area contributed by atoms with Crippen molar-refractivity contribution in [3.8, 4) is 0 Å². The molecule has 0 aromatic heterocycles. The molecule has 0 aromatic carbocycles. The van der Waals surface area contributed by atoms with Gasteiger partial charge in [0.2, 0.25) is 5.91 Å². The number of carbonyl (C=O) groups excluding carboxylic acids is 1. The van der Waals surface area contributed by atoms with Crippen LogP contribution in [-0.2, 0) is 9.53 Å². The largest absolute Gasteiger partial charge is 0.396 e. The summed E-state index contributed by atoms with van der Waals surface area (Å²) in [4.78, 5) is 25.5. The molecule has 402 valence electrons. The Labute approximate surface area is 421 Å². The Kier molecular flexibility index (Phi) is 58.4. The van der Waals surface area contributed by atoms with E-state index < -0.39 is 0 Å². The monoisotopic (exact) mass is 950 g/mol. The number of likely N-dealkylation sites (N-methyl/N-ethyl adjacent to an activating group) is 1. The van der Waals surface area contributed by atoms with Gasteiger partial charge in [-0.15, -0.1) is 0 Å². The molecule has 0 aliphatic carbocycles. The molecular weight excluding hydrogens is 827 g/mol. The summed E-state index contributed by atoms with van der Waals surface area (Å²) in [7, 11) is 5.40. The summed E-state index contributed by atoms with van der Waals surface area (Å²) in [5.41, 5.74) is 0. The average molecular weight is 951 g/mol. The maximum atomic E-state index is 13.2. The number of aliphatic hydroxyl groups excluding tert-OH is 1. The van der Waals surface area contributed by atoms with Crippen molar-refractivity contribution in [1.29, 1.82) is 0 Å². The minimum atomic E-state index is 0.325. The Balaban J connectivity index is 0. The number of rotatable bonds is 47. The van der Waals surface area contributed by atoms with Gasteiger partial charge in [0.25, 0.3) is 0 Å². The SMILES string of the molecule is CC/C=C/CN(CCCCCCCCC)CCCCCCCCC.CCCCCCCCCN(CCCCCCCO)CCN(CCCCCCCCC)CC(=O)N1CCN(C)CC1.COC. The molecule has 1 amide bonds. The Morgan fingerprint density at radius 1 is 0.433 bits per heavy atom. The topological polar surface area (TPSA) is 62.7 Å². The van der Waals surface area contributed by atoms with E-state index in [4.69, 9.17) is 5.11 Å². The molecule has 0 radical (unpaired) electrons. The van der Waals surface area contributed by atoms with E-state index in [2.05, 4.69) is 83.1 Å². The summed E-state index contributed by atoms with van der Waals surface area (Å²) in [6, 6.07) is 0. The van der Waals surface area contributed by atoms with Gasteiger partial charge in [0, 0.05) is 66.6 Å². The lowest BCUT2D eigenvalue weighted by atomic mass is 10.1. The maximum Gasteiger partial charge on any atom is 0.236 e. The molecule has 8 heteroatoms. The van der Waals surface area contributed by atoms with E-state index >= 15 is 0 Å². The summed E-state index contributed by atoms with van der Waals surface area (Å²) in [5, 5.41) is 9.06. The predicted octanol–water partition coefficient (Wildman–Crippen LogP) is 14.8. The third-order valence-corrected chi connectivity index (χ3v) is 13.7. The molecule has 1 aliphatic rings. The van der Waals surface area contributed by atoms with Gasteiger partial charge >= 0.3 is 0 Å². The highest BCUT2D eigenvalue weighted by molar-refractivity contribution is 5.78. The molecule has 0 spiro atoms. The van der Waals surface area contributed by atoms with Gasteiger partial charge in [-0.1, -0.05) is 220 Å². The highest BCUT2D eigenvalue weighted by Gasteiger charge is 2.21. The first-order chi connectivity index (χ1) is 32.9. The van der Waals surface area contributed by atoms with Crippen LogP contribution in [0.3, 0.4) is 0 Å². The molecule has 0 atom stereocenters. The molecule has 0 unspecified atom stereocenters. The standard InChI is InChI=1S/C34H70N4O2.C23H47N.C2H6O/c1-4-6-8-10-12-15-19-23-36(24-20-17-14-18-22-32-39)28-29-37(25-21-16-13-11-9-7-5-2)33-34(40)38-30-26-35(3)27-31-38;1-4-7-10-12-14-16-19-22-24(21-18-9-6-3)23-20-17-15-13-11-8-5-2;1-3-2/h39H,4-33H2,1-3H3;9,18H,4-8,10-17,19-23H2,1-3H3;1-2H3/b;18-9+;. The van der Waals surface area contributed by atoms with Gasteiger partial charge in [0.05, 0.1) is 6.54 Å². The van der Waals surface area contributed by atoms with Gasteiger partial charge in [-0.05, 0) is 84.7 Å². The molecule has 1 saturated heterocycles. The van der Waals surface area contributed by atoms with E-state index in [0.717, 1.165) is 58.7 Å². The van der Waals surface area contributed by atoms with Crippen molar-refractivity contribution in [2.75, 3.05) is 113 Å². The molecule has 1 rings (SSSR count). The van der Waals surface area contributed by atoms with Gasteiger partial charge in [0.15, 0.2) is 0 Å². The minimum Gasteiger partial charge on any atom is -0.396 e. The van der Waals surface area contributed by atoms with Crippen LogP contribution in [0.5, 0.6) is 0 Å². The Morgan fingerprint density at radius 3 is 1.10 bits per heavy atom. The zero-order valence-corrected chi connectivity index (χ0v) is 47.1. The number of allylic oxidation sites excluding steroid dienone is 1. The average Bonchev–Trinajstić information content (AvgIpc) is 3.33. The van der Waals surface area contributed by atoms with Crippen molar-refractivity contribution in [1.82, 2.24) is 24.5 Å². The van der Waals surface area contributed by atoms with Crippen LogP contribution < -0.4 is 0 Å². The van der Waals surface area contributed by atoms with Crippen LogP contribution in [0.15, 0.2) is 12.2 Å². The first kappa shape index (κ1) is 68.0. The van der Waals surface area contributed by atoms with Crippen molar-refractivity contribution >= 4 is 5.91 Å². The maximum absolute atomic E-state index is 13.2. The zero-order valence-electron chi connectivity index (χ0n) is 47.1. The molecule has 1 N–H and O–H groups in total. The van der Waals surface area contributed by atoms with Crippen molar-refractivity contribution in [2.45, 2.75) is 253 Å². The molecular formula is C59H123N5O3. The van der Waals surface area contributed by atoms with Crippen molar-refractivity contribution in [3.63, 3.8) is 0 Å². The number of hydrogen-bond donors (Lipinski definition) is 1. The number of nitrogens with zero attached hydrogens (tertiary/aromatic N) is 5. The zero-order chi connectivity index (χ0) is 49.5. The van der Waals surface area contributed by atoms with Gasteiger partial charge in [0.1, 0.15) is 0 Å². The van der Waals surface area contributed by atoms with Gasteiger partial charge in [-0.3, -0.25) is 14.6 Å². The van der Waals surface area contributed by atoms with E-state index in [1.54, 1.807) is 14.2 Å². The summed E-state index contributed by atoms with van der Waals surface area (Å²) < 4.78 is 4.25. The van der Waals surface area contributed by atoms with Crippen molar-refractivity contribution in [2.24, 2.45) is 0 Å². The highest BCUT2D eigenvalue weighted by Crippen LogP contribution is 2.13. The fourth-order valence-corrected chi connectivity index (χ4v) is 9.07. The lowest BCUT2D eigenvalue weighted by Gasteiger charge is -2.34. The Hall–Kier alpha value is -1.03. The molecule has 1 fully saturated rings. The molecule has 8 nitrogen and oxygen atoms in total. The molecule has 1 aliphatic heterocycles. The van der Waals surface area contributed by atoms with Crippen LogP contribution in [-0.4, -0.2) is 148 Å². The highest BCUT2D eigenvalue weighted by atomic mass is 16.4. The Bertz CT molecular complexity index is 943. The fraction of sp³-hybridized carbons (Fsp3) is 0.949. The second-order valence-electron chi connectivity index (χ2n) is 20.4. The minimum absolute atomic E-state index is 0.325. The van der Waals surface area contributed by atoms with E-state index in [9.17, 15) is 4.79 Å². The van der Waals surface area contributed by atoms with E-state index in [0.29, 0.717) is 19.1 Å². The number of methoxy groups -OCH3 is 1. The Morgan fingerprint density at radius 2 is 0.746 bits per heavy atom. The molecule has 0 bridgehead atoms.